The van der Waals surface area contributed by atoms with Gasteiger partial charge in [-0.3, -0.25) is 67.8 Å². The minimum Gasteiger partial charge on any atom is -0.487 e. The highest BCUT2D eigenvalue weighted by Gasteiger charge is 2.34. The van der Waals surface area contributed by atoms with Gasteiger partial charge in [0.05, 0.1) is 22.3 Å². The molecule has 6 aromatic carbocycles. The molecule has 1 atom stereocenters. The number of para-hydroxylation sites is 2. The van der Waals surface area contributed by atoms with Crippen LogP contribution in [-0.2, 0) is 18.0 Å². The Morgan fingerprint density at radius 3 is 1.17 bits per heavy atom. The molecule has 4 aliphatic heterocycles. The molecule has 4 saturated heterocycles. The number of carbonyl (C=O) groups is 9. The van der Waals surface area contributed by atoms with E-state index in [1.54, 1.807) is 117 Å². The second-order valence-corrected chi connectivity index (χ2v) is 34.1. The van der Waals surface area contributed by atoms with Crippen molar-refractivity contribution in [2.24, 2.45) is 0 Å². The number of thiocarbonyl (C=S) groups is 4. The molecule has 10 rings (SSSR count). The maximum Gasteiger partial charge on any atom is 0.407 e. The Labute approximate surface area is 679 Å². The topological polar surface area (TPSA) is 261 Å². The van der Waals surface area contributed by atoms with E-state index >= 15 is 4.79 Å². The lowest BCUT2D eigenvalue weighted by Crippen LogP contribution is -2.49. The summed E-state index contributed by atoms with van der Waals surface area (Å²) in [6, 6.07) is 37.8. The standard InChI is InChI=1S/C79H89N11O12S8/c1-51-56(23-14-25-58(51)70(95)87-40-44-107-75(87)103)66(91)80-32-35-85(36-33-82-68(93)60-27-16-29-62(72(97)89-42-46-109-77(89)105)64(60)100-49-53-18-8-6-9-19-53)38-39-86(37-34-81-67(92)57-24-15-26-59(52(57)2)71(96)88-41-45-108-76(88)104)48-55(22-12-13-31-83-74(99)102-79(3,4)5)84-69(94)61-28-17-30-63(73(98)90-43-47-110-78(90)106)65(61)101-50-54-20-10-7-11-21-54/h6-11,14-21,23-30,55H,12-13,22,31-50H2,1-5H3,(H,80,91)(H,81,92)(H,82,93)(H,83,99)(H,84,94). The third-order valence-corrected chi connectivity index (χ3v) is 24.1. The van der Waals surface area contributed by atoms with Gasteiger partial charge in [0.1, 0.15) is 47.6 Å². The Morgan fingerprint density at radius 2 is 0.773 bits per heavy atom. The Hall–Kier alpha value is -8.37. The summed E-state index contributed by atoms with van der Waals surface area (Å²) in [5.74, 6) is -0.543. The lowest BCUT2D eigenvalue weighted by Gasteiger charge is -2.31. The summed E-state index contributed by atoms with van der Waals surface area (Å²) < 4.78 is 20.3. The van der Waals surface area contributed by atoms with Crippen LogP contribution >= 0.6 is 95.9 Å². The van der Waals surface area contributed by atoms with Gasteiger partial charge in [0.15, 0.2) is 0 Å². The summed E-state index contributed by atoms with van der Waals surface area (Å²) in [6.07, 6.45) is 0.770. The number of carbonyl (C=O) groups excluding carboxylic acids is 9. The van der Waals surface area contributed by atoms with Crippen LogP contribution in [0.25, 0.3) is 0 Å². The number of hydrogen-bond donors (Lipinski definition) is 5. The molecule has 0 aromatic heterocycles. The third-order valence-electron chi connectivity index (χ3n) is 18.4. The van der Waals surface area contributed by atoms with Gasteiger partial charge in [-0.05, 0) is 125 Å². The fourth-order valence-corrected chi connectivity index (χ4v) is 17.5. The molecule has 580 valence electrons. The minimum absolute atomic E-state index is 0.0293. The molecule has 0 saturated carbocycles. The normalized spacial score (nSPS) is 14.6. The van der Waals surface area contributed by atoms with Crippen molar-refractivity contribution in [2.45, 2.75) is 78.7 Å². The van der Waals surface area contributed by atoms with Crippen molar-refractivity contribution < 1.29 is 57.4 Å². The zero-order valence-corrected chi connectivity index (χ0v) is 68.4. The van der Waals surface area contributed by atoms with Crippen molar-refractivity contribution in [3.05, 3.63) is 200 Å². The monoisotopic (exact) mass is 1640 g/mol. The number of ether oxygens (including phenoxy) is 3. The average Bonchev–Trinajstić information content (AvgIpc) is 1.13. The second-order valence-electron chi connectivity index (χ2n) is 27.2. The van der Waals surface area contributed by atoms with Crippen LogP contribution < -0.4 is 36.1 Å². The first-order chi connectivity index (χ1) is 52.9. The number of benzene rings is 6. The van der Waals surface area contributed by atoms with Crippen molar-refractivity contribution in [1.82, 2.24) is 56.0 Å². The molecule has 9 amide bonds. The molecule has 0 spiro atoms. The second kappa shape index (κ2) is 40.7. The summed E-state index contributed by atoms with van der Waals surface area (Å²) in [5, 5.41) is 15.4. The van der Waals surface area contributed by atoms with Gasteiger partial charge in [-0.15, -0.1) is 0 Å². The highest BCUT2D eigenvalue weighted by atomic mass is 32.2. The van der Waals surface area contributed by atoms with E-state index < -0.39 is 53.2 Å². The SMILES string of the molecule is Cc1c(C(=O)NCCN(CCNC(=O)c2cccc(C(=O)N3CCSC3=S)c2OCc2ccccc2)CCN(CCNC(=O)c2cccc(C(=O)N3CCSC3=S)c2C)CC(CCCCNC(=O)OC(C)(C)C)NC(=O)c2cccc(C(=O)N3CCSC3=S)c2OCc2ccccc2)cccc1C(=O)N1CCSC1=S. The summed E-state index contributed by atoms with van der Waals surface area (Å²) in [4.78, 5) is 138. The van der Waals surface area contributed by atoms with E-state index in [9.17, 15) is 38.4 Å². The predicted molar refractivity (Wildman–Crippen MR) is 450 cm³/mol. The fraction of sp³-hybridized carbons (Fsp3) is 0.380. The van der Waals surface area contributed by atoms with Crippen molar-refractivity contribution in [3.8, 4) is 11.5 Å². The maximum absolute atomic E-state index is 15.4. The number of nitrogens with one attached hydrogen (secondary N) is 5. The molecule has 5 N–H and O–H groups in total. The fourth-order valence-electron chi connectivity index (χ4n) is 12.6. The van der Waals surface area contributed by atoms with Gasteiger partial charge in [-0.2, -0.15) is 0 Å². The molecule has 0 radical (unpaired) electrons. The molecular formula is C79H89N11O12S8. The summed E-state index contributed by atoms with van der Waals surface area (Å²) >= 11 is 27.8. The third kappa shape index (κ3) is 22.9. The van der Waals surface area contributed by atoms with Gasteiger partial charge in [0.25, 0.3) is 47.3 Å². The molecular weight excluding hydrogens is 1550 g/mol. The van der Waals surface area contributed by atoms with Crippen LogP contribution in [0.15, 0.2) is 133 Å². The highest BCUT2D eigenvalue weighted by Crippen LogP contribution is 2.33. The van der Waals surface area contributed by atoms with Gasteiger partial charge < -0.3 is 40.8 Å². The number of unbranched alkanes of at least 4 members (excludes halogenated alkanes) is 1. The molecule has 4 aliphatic rings. The number of hydrogen-bond acceptors (Lipinski definition) is 22. The van der Waals surface area contributed by atoms with Crippen molar-refractivity contribution >= 4 is 167 Å². The van der Waals surface area contributed by atoms with Crippen molar-refractivity contribution in [2.75, 3.05) is 115 Å². The molecule has 31 heteroatoms. The van der Waals surface area contributed by atoms with E-state index in [1.165, 1.54) is 56.8 Å². The lowest BCUT2D eigenvalue weighted by molar-refractivity contribution is 0.0525. The largest absolute Gasteiger partial charge is 0.487 e. The first kappa shape index (κ1) is 84.1. The molecule has 23 nitrogen and oxygen atoms in total. The van der Waals surface area contributed by atoms with Gasteiger partial charge in [0, 0.05) is 143 Å². The van der Waals surface area contributed by atoms with Crippen molar-refractivity contribution in [3.63, 3.8) is 0 Å². The van der Waals surface area contributed by atoms with Gasteiger partial charge in [-0.1, -0.05) is 181 Å². The molecule has 4 fully saturated rings. The van der Waals surface area contributed by atoms with Gasteiger partial charge in [-0.25, -0.2) is 4.79 Å². The number of alkyl carbamates (subject to hydrolysis) is 1. The molecule has 4 heterocycles. The Bertz CT molecular complexity index is 4440. The van der Waals surface area contributed by atoms with Crippen LogP contribution in [-0.4, -0.2) is 226 Å². The zero-order valence-electron chi connectivity index (χ0n) is 61.9. The Kier molecular flexibility index (Phi) is 31.1. The van der Waals surface area contributed by atoms with E-state index in [1.807, 2.05) is 60.7 Å². The number of amides is 9. The van der Waals surface area contributed by atoms with E-state index in [0.29, 0.717) is 119 Å². The molecule has 110 heavy (non-hydrogen) atoms. The first-order valence-electron chi connectivity index (χ1n) is 36.2. The summed E-state index contributed by atoms with van der Waals surface area (Å²) in [6.45, 7) is 12.4. The quantitative estimate of drug-likeness (QED) is 0.0186. The minimum atomic E-state index is -0.732. The lowest BCUT2D eigenvalue weighted by atomic mass is 10.0. The zero-order chi connectivity index (χ0) is 78.4. The molecule has 0 bridgehead atoms. The van der Waals surface area contributed by atoms with Gasteiger partial charge in [0.2, 0.25) is 0 Å². The van der Waals surface area contributed by atoms with Crippen LogP contribution in [0.2, 0.25) is 0 Å². The maximum atomic E-state index is 15.4. The summed E-state index contributed by atoms with van der Waals surface area (Å²) in [5.41, 5.74) is 3.70. The van der Waals surface area contributed by atoms with E-state index in [0.717, 1.165) is 11.1 Å². The predicted octanol–water partition coefficient (Wildman–Crippen LogP) is 11.0. The highest BCUT2D eigenvalue weighted by molar-refractivity contribution is 8.24. The Balaban J connectivity index is 0.957. The van der Waals surface area contributed by atoms with Crippen LogP contribution in [0.3, 0.4) is 0 Å². The molecule has 0 aliphatic carbocycles. The smallest absolute Gasteiger partial charge is 0.407 e. The van der Waals surface area contributed by atoms with Crippen LogP contribution in [0.4, 0.5) is 4.79 Å². The van der Waals surface area contributed by atoms with Crippen LogP contribution in [0.1, 0.15) is 145 Å². The number of rotatable bonds is 34. The van der Waals surface area contributed by atoms with E-state index in [4.69, 9.17) is 63.1 Å². The number of nitrogens with zero attached hydrogens (tertiary/aromatic N) is 6. The van der Waals surface area contributed by atoms with E-state index in [2.05, 4.69) is 36.4 Å². The molecule has 1 unspecified atom stereocenters. The average molecular weight is 1640 g/mol. The summed E-state index contributed by atoms with van der Waals surface area (Å²) in [7, 11) is 0. The van der Waals surface area contributed by atoms with Crippen LogP contribution in [0, 0.1) is 13.8 Å². The first-order valence-corrected chi connectivity index (χ1v) is 41.8. The van der Waals surface area contributed by atoms with E-state index in [-0.39, 0.29) is 124 Å². The van der Waals surface area contributed by atoms with Gasteiger partial charge >= 0.3 is 6.09 Å². The number of thioether (sulfide) groups is 4. The molecule has 6 aromatic rings. The Morgan fingerprint density at radius 1 is 0.418 bits per heavy atom. The van der Waals surface area contributed by atoms with Crippen molar-refractivity contribution in [1.29, 1.82) is 0 Å². The van der Waals surface area contributed by atoms with Crippen LogP contribution in [0.5, 0.6) is 11.5 Å².